The molecule has 0 saturated carbocycles. The van der Waals surface area contributed by atoms with Gasteiger partial charge in [0.25, 0.3) is 5.91 Å². The van der Waals surface area contributed by atoms with Crippen LogP contribution >= 0.6 is 0 Å². The van der Waals surface area contributed by atoms with Crippen LogP contribution in [0.4, 0.5) is 5.69 Å². The maximum atomic E-state index is 12.5. The number of amides is 1. The molecule has 0 aliphatic rings. The van der Waals surface area contributed by atoms with Crippen LogP contribution in [-0.2, 0) is 13.0 Å². The number of hydrogen-bond acceptors (Lipinski definition) is 4. The molecule has 5 nitrogen and oxygen atoms in total. The lowest BCUT2D eigenvalue weighted by Crippen LogP contribution is -2.24. The minimum absolute atomic E-state index is 0.118. The molecule has 0 bridgehead atoms. The normalized spacial score (nSPS) is 10.4. The molecule has 138 valence electrons. The van der Waals surface area contributed by atoms with Gasteiger partial charge in [-0.25, -0.2) is 0 Å². The number of likely N-dealkylation sites (N-methyl/N-ethyl adjacent to an activating group) is 1. The molecule has 2 heterocycles. The molecule has 3 aromatic rings. The number of carbonyl (C=O) groups is 1. The lowest BCUT2D eigenvalue weighted by atomic mass is 10.1. The monoisotopic (exact) mass is 360 g/mol. The van der Waals surface area contributed by atoms with Gasteiger partial charge in [0.1, 0.15) is 0 Å². The Morgan fingerprint density at radius 1 is 1.00 bits per heavy atom. The van der Waals surface area contributed by atoms with E-state index in [1.165, 1.54) is 11.1 Å². The van der Waals surface area contributed by atoms with Gasteiger partial charge in [0, 0.05) is 38.7 Å². The van der Waals surface area contributed by atoms with Crippen LogP contribution in [0.25, 0.3) is 0 Å². The van der Waals surface area contributed by atoms with Crippen LogP contribution in [0.3, 0.4) is 0 Å². The molecule has 0 spiro atoms. The molecule has 5 heteroatoms. The fraction of sp³-hybridized carbons (Fsp3) is 0.227. The molecule has 0 fully saturated rings. The Morgan fingerprint density at radius 3 is 2.48 bits per heavy atom. The summed E-state index contributed by atoms with van der Waals surface area (Å²) in [5, 5.41) is 2.95. The fourth-order valence-electron chi connectivity index (χ4n) is 2.73. The highest BCUT2D eigenvalue weighted by molar-refractivity contribution is 5.94. The third kappa shape index (κ3) is 5.38. The van der Waals surface area contributed by atoms with Crippen molar-refractivity contribution in [2.24, 2.45) is 0 Å². The summed E-state index contributed by atoms with van der Waals surface area (Å²) in [6.07, 6.45) is 7.89. The Labute approximate surface area is 160 Å². The number of aryl methyl sites for hydroxylation is 1. The Kier molecular flexibility index (Phi) is 6.15. The summed E-state index contributed by atoms with van der Waals surface area (Å²) < 4.78 is 0. The van der Waals surface area contributed by atoms with Gasteiger partial charge in [0.15, 0.2) is 0 Å². The molecule has 1 aromatic carbocycles. The number of aromatic nitrogens is 2. The van der Waals surface area contributed by atoms with Gasteiger partial charge in [-0.1, -0.05) is 29.8 Å². The predicted molar refractivity (Wildman–Crippen MR) is 108 cm³/mol. The Morgan fingerprint density at radius 2 is 1.74 bits per heavy atom. The number of nitrogens with one attached hydrogen (secondary N) is 1. The van der Waals surface area contributed by atoms with Gasteiger partial charge in [-0.2, -0.15) is 0 Å². The van der Waals surface area contributed by atoms with Crippen LogP contribution in [0, 0.1) is 6.92 Å². The third-order valence-electron chi connectivity index (χ3n) is 4.49. The highest BCUT2D eigenvalue weighted by Crippen LogP contribution is 2.14. The molecule has 27 heavy (non-hydrogen) atoms. The first-order chi connectivity index (χ1) is 13.1. The second kappa shape index (κ2) is 8.94. The van der Waals surface area contributed by atoms with Crippen LogP contribution < -0.4 is 10.2 Å². The SMILES string of the molecule is Cc1ccc(CNC(=O)c2cncc(N(C)CCc3ccncc3)c2)cc1. The number of rotatable bonds is 7. The summed E-state index contributed by atoms with van der Waals surface area (Å²) in [6.45, 7) is 3.38. The van der Waals surface area contributed by atoms with E-state index < -0.39 is 0 Å². The first kappa shape index (κ1) is 18.6. The molecule has 0 radical (unpaired) electrons. The quantitative estimate of drug-likeness (QED) is 0.702. The maximum absolute atomic E-state index is 12.5. The lowest BCUT2D eigenvalue weighted by Gasteiger charge is -2.19. The largest absolute Gasteiger partial charge is 0.373 e. The van der Waals surface area contributed by atoms with E-state index in [9.17, 15) is 4.79 Å². The van der Waals surface area contributed by atoms with E-state index in [0.717, 1.165) is 24.2 Å². The molecule has 0 aliphatic heterocycles. The van der Waals surface area contributed by atoms with Crippen LogP contribution in [0.1, 0.15) is 27.0 Å². The van der Waals surface area contributed by atoms with Crippen LogP contribution in [0.5, 0.6) is 0 Å². The zero-order valence-electron chi connectivity index (χ0n) is 15.7. The molecule has 0 saturated heterocycles. The Bertz CT molecular complexity index is 878. The number of carbonyl (C=O) groups excluding carboxylic acids is 1. The van der Waals surface area contributed by atoms with Crippen molar-refractivity contribution in [3.05, 3.63) is 89.5 Å². The van der Waals surface area contributed by atoms with Crippen molar-refractivity contribution in [1.29, 1.82) is 0 Å². The smallest absolute Gasteiger partial charge is 0.253 e. The number of benzene rings is 1. The molecule has 1 amide bonds. The topological polar surface area (TPSA) is 58.1 Å². The standard InChI is InChI=1S/C22H24N4O/c1-17-3-5-19(6-4-17)14-25-22(27)20-13-21(16-24-15-20)26(2)12-9-18-7-10-23-11-8-18/h3-8,10-11,13,15-16H,9,12,14H2,1-2H3,(H,25,27). The number of anilines is 1. The van der Waals surface area contributed by atoms with Gasteiger partial charge in [0.2, 0.25) is 0 Å². The average molecular weight is 360 g/mol. The zero-order valence-corrected chi connectivity index (χ0v) is 15.7. The summed E-state index contributed by atoms with van der Waals surface area (Å²) in [5.74, 6) is -0.118. The molecule has 1 N–H and O–H groups in total. The van der Waals surface area contributed by atoms with E-state index in [1.807, 2.05) is 56.4 Å². The van der Waals surface area contributed by atoms with E-state index in [2.05, 4.69) is 20.2 Å². The molecular formula is C22H24N4O. The van der Waals surface area contributed by atoms with E-state index in [1.54, 1.807) is 24.8 Å². The van der Waals surface area contributed by atoms with E-state index >= 15 is 0 Å². The second-order valence-electron chi connectivity index (χ2n) is 6.63. The molecule has 2 aromatic heterocycles. The molecular weight excluding hydrogens is 336 g/mol. The van der Waals surface area contributed by atoms with Crippen molar-refractivity contribution in [1.82, 2.24) is 15.3 Å². The molecule has 0 atom stereocenters. The van der Waals surface area contributed by atoms with Crippen LogP contribution in [0.15, 0.2) is 67.3 Å². The fourth-order valence-corrected chi connectivity index (χ4v) is 2.73. The summed E-state index contributed by atoms with van der Waals surface area (Å²) in [7, 11) is 2.01. The van der Waals surface area contributed by atoms with E-state index in [-0.39, 0.29) is 5.91 Å². The maximum Gasteiger partial charge on any atom is 0.253 e. The van der Waals surface area contributed by atoms with Gasteiger partial charge in [-0.3, -0.25) is 14.8 Å². The van der Waals surface area contributed by atoms with Crippen LogP contribution in [0.2, 0.25) is 0 Å². The first-order valence-corrected chi connectivity index (χ1v) is 9.00. The van der Waals surface area contributed by atoms with Crippen molar-refractivity contribution in [2.45, 2.75) is 19.9 Å². The van der Waals surface area contributed by atoms with Crippen LogP contribution in [-0.4, -0.2) is 29.5 Å². The number of pyridine rings is 2. The number of nitrogens with zero attached hydrogens (tertiary/aromatic N) is 3. The first-order valence-electron chi connectivity index (χ1n) is 9.00. The Hall–Kier alpha value is -3.21. The van der Waals surface area contributed by atoms with E-state index in [0.29, 0.717) is 12.1 Å². The van der Waals surface area contributed by atoms with E-state index in [4.69, 9.17) is 0 Å². The number of hydrogen-bond donors (Lipinski definition) is 1. The summed E-state index contributed by atoms with van der Waals surface area (Å²) >= 11 is 0. The Balaban J connectivity index is 1.58. The van der Waals surface area contributed by atoms with Crippen molar-refractivity contribution in [3.8, 4) is 0 Å². The van der Waals surface area contributed by atoms with Crippen molar-refractivity contribution in [2.75, 3.05) is 18.5 Å². The lowest BCUT2D eigenvalue weighted by molar-refractivity contribution is 0.0950. The van der Waals surface area contributed by atoms with Gasteiger partial charge >= 0.3 is 0 Å². The average Bonchev–Trinajstić information content (AvgIpc) is 2.72. The third-order valence-corrected chi connectivity index (χ3v) is 4.49. The minimum Gasteiger partial charge on any atom is -0.373 e. The minimum atomic E-state index is -0.118. The summed E-state index contributed by atoms with van der Waals surface area (Å²) in [4.78, 5) is 22.8. The molecule has 0 unspecified atom stereocenters. The second-order valence-corrected chi connectivity index (χ2v) is 6.63. The van der Waals surface area contributed by atoms with Crippen molar-refractivity contribution < 1.29 is 4.79 Å². The van der Waals surface area contributed by atoms with Gasteiger partial charge in [-0.05, 0) is 42.7 Å². The molecule has 3 rings (SSSR count). The highest BCUT2D eigenvalue weighted by Gasteiger charge is 2.09. The van der Waals surface area contributed by atoms with Gasteiger partial charge in [-0.15, -0.1) is 0 Å². The van der Waals surface area contributed by atoms with Gasteiger partial charge < -0.3 is 10.2 Å². The van der Waals surface area contributed by atoms with Crippen molar-refractivity contribution in [3.63, 3.8) is 0 Å². The van der Waals surface area contributed by atoms with Crippen molar-refractivity contribution >= 4 is 11.6 Å². The zero-order chi connectivity index (χ0) is 19.1. The summed E-state index contributed by atoms with van der Waals surface area (Å²) in [6, 6.07) is 14.0. The van der Waals surface area contributed by atoms with Gasteiger partial charge in [0.05, 0.1) is 17.4 Å². The highest BCUT2D eigenvalue weighted by atomic mass is 16.1. The predicted octanol–water partition coefficient (Wildman–Crippen LogP) is 3.39. The molecule has 0 aliphatic carbocycles. The summed E-state index contributed by atoms with van der Waals surface area (Å²) in [5.41, 5.74) is 5.00.